The number of benzene rings is 1. The van der Waals surface area contributed by atoms with Crippen molar-refractivity contribution in [1.29, 1.82) is 0 Å². The Bertz CT molecular complexity index is 964. The van der Waals surface area contributed by atoms with Crippen LogP contribution in [0.1, 0.15) is 62.5 Å². The van der Waals surface area contributed by atoms with Gasteiger partial charge in [-0.3, -0.25) is 9.59 Å². The number of aromatic nitrogens is 1. The Hall–Kier alpha value is -2.93. The van der Waals surface area contributed by atoms with Crippen molar-refractivity contribution in [1.82, 2.24) is 15.6 Å². The number of amides is 2. The van der Waals surface area contributed by atoms with Crippen molar-refractivity contribution in [2.24, 2.45) is 17.8 Å². The lowest BCUT2D eigenvalue weighted by molar-refractivity contribution is -0.134. The number of nitrogen functional groups attached to an aromatic ring is 1. The highest BCUT2D eigenvalue weighted by atomic mass is 16.3. The molecule has 2 aliphatic rings. The summed E-state index contributed by atoms with van der Waals surface area (Å²) in [4.78, 5) is 30.3. The third kappa shape index (κ3) is 7.04. The fourth-order valence-electron chi connectivity index (χ4n) is 5.95. The van der Waals surface area contributed by atoms with Crippen LogP contribution in [0.5, 0.6) is 0 Å². The highest BCUT2D eigenvalue weighted by molar-refractivity contribution is 5.89. The molecule has 2 aliphatic carbocycles. The highest BCUT2D eigenvalue weighted by Gasteiger charge is 2.37. The summed E-state index contributed by atoms with van der Waals surface area (Å²) in [5, 5.41) is 16.4. The minimum Gasteiger partial charge on any atom is -0.384 e. The van der Waals surface area contributed by atoms with E-state index in [2.05, 4.69) is 15.6 Å². The van der Waals surface area contributed by atoms with Gasteiger partial charge in [0.1, 0.15) is 18.0 Å². The highest BCUT2D eigenvalue weighted by Crippen LogP contribution is 2.45. The molecule has 5 N–H and O–H groups in total. The molecule has 2 aromatic rings. The first-order chi connectivity index (χ1) is 17.0. The molecule has 7 nitrogen and oxygen atoms in total. The number of nitrogens with one attached hydrogen (secondary N) is 2. The van der Waals surface area contributed by atoms with Crippen LogP contribution >= 0.6 is 0 Å². The summed E-state index contributed by atoms with van der Waals surface area (Å²) in [6.45, 7) is 0.307. The maximum atomic E-state index is 13.3. The number of fused-ring (bicyclic) bond motifs is 1. The molecule has 1 aromatic heterocycles. The van der Waals surface area contributed by atoms with E-state index in [-0.39, 0.29) is 12.3 Å². The Morgan fingerprint density at radius 3 is 2.51 bits per heavy atom. The van der Waals surface area contributed by atoms with Gasteiger partial charge in [-0.15, -0.1) is 0 Å². The number of pyridine rings is 1. The van der Waals surface area contributed by atoms with Crippen LogP contribution in [0.15, 0.2) is 48.7 Å². The second kappa shape index (κ2) is 12.2. The number of carbonyl (C=O) groups is 2. The molecule has 7 heteroatoms. The van der Waals surface area contributed by atoms with Crippen LogP contribution in [0.3, 0.4) is 0 Å². The van der Waals surface area contributed by atoms with E-state index in [0.717, 1.165) is 23.5 Å². The number of rotatable bonds is 9. The van der Waals surface area contributed by atoms with Gasteiger partial charge in [0, 0.05) is 19.2 Å². The Morgan fingerprint density at radius 1 is 0.971 bits per heavy atom. The molecular formula is C28H38N4O3. The number of anilines is 1. The summed E-state index contributed by atoms with van der Waals surface area (Å²) in [5.74, 6) is 1.48. The molecule has 5 atom stereocenters. The van der Waals surface area contributed by atoms with E-state index < -0.39 is 18.1 Å². The predicted octanol–water partition coefficient (Wildman–Crippen LogP) is 3.37. The molecule has 3 unspecified atom stereocenters. The van der Waals surface area contributed by atoms with E-state index in [1.165, 1.54) is 38.5 Å². The molecule has 2 amide bonds. The second-order valence-electron chi connectivity index (χ2n) is 10.2. The number of hydrogen-bond donors (Lipinski definition) is 4. The standard InChI is InChI=1S/C28H38N4O3/c29-26-14-13-20(17-30-26)18-31-27(34)24(16-22-11-6-10-21-9-4-5-12-23(21)22)32-28(35)25(33)15-19-7-2-1-3-8-19/h1-3,7-8,13-14,17,21-25,33H,4-6,9-12,15-16,18H2,(H2,29,30)(H,31,34)(H,32,35)/t21?,22?,23-,24?,25+/m0/s1. The number of aliphatic hydroxyl groups is 1. The molecule has 4 rings (SSSR count). The molecular weight excluding hydrogens is 440 g/mol. The van der Waals surface area contributed by atoms with Crippen molar-refractivity contribution in [2.45, 2.75) is 76.5 Å². The van der Waals surface area contributed by atoms with Crippen LogP contribution < -0.4 is 16.4 Å². The molecule has 2 fully saturated rings. The summed E-state index contributed by atoms with van der Waals surface area (Å²) < 4.78 is 0. The molecule has 0 bridgehead atoms. The van der Waals surface area contributed by atoms with Crippen molar-refractivity contribution in [3.8, 4) is 0 Å². The van der Waals surface area contributed by atoms with Gasteiger partial charge in [-0.25, -0.2) is 4.98 Å². The normalized spacial score (nSPS) is 23.5. The van der Waals surface area contributed by atoms with E-state index in [1.54, 1.807) is 12.3 Å². The van der Waals surface area contributed by atoms with E-state index in [0.29, 0.717) is 30.6 Å². The first kappa shape index (κ1) is 25.2. The van der Waals surface area contributed by atoms with Gasteiger partial charge in [0.05, 0.1) is 0 Å². The zero-order valence-electron chi connectivity index (χ0n) is 20.4. The van der Waals surface area contributed by atoms with Gasteiger partial charge < -0.3 is 21.5 Å². The van der Waals surface area contributed by atoms with Gasteiger partial charge in [0.15, 0.2) is 0 Å². The number of hydrogen-bond acceptors (Lipinski definition) is 5. The molecule has 1 heterocycles. The SMILES string of the molecule is Nc1ccc(CNC(=O)C(CC2CCCC3CCCC[C@@H]32)NC(=O)[C@H](O)Cc2ccccc2)cn1. The summed E-state index contributed by atoms with van der Waals surface area (Å²) >= 11 is 0. The minimum atomic E-state index is -1.21. The van der Waals surface area contributed by atoms with Crippen molar-refractivity contribution in [3.63, 3.8) is 0 Å². The maximum Gasteiger partial charge on any atom is 0.249 e. The summed E-state index contributed by atoms with van der Waals surface area (Å²) in [5.41, 5.74) is 7.38. The lowest BCUT2D eigenvalue weighted by atomic mass is 9.64. The van der Waals surface area contributed by atoms with Crippen LogP contribution in [0.25, 0.3) is 0 Å². The Balaban J connectivity index is 1.42. The number of carbonyl (C=O) groups excluding carboxylic acids is 2. The lowest BCUT2D eigenvalue weighted by Crippen LogP contribution is -2.51. The molecule has 35 heavy (non-hydrogen) atoms. The zero-order chi connectivity index (χ0) is 24.6. The van der Waals surface area contributed by atoms with Gasteiger partial charge in [-0.1, -0.05) is 74.9 Å². The zero-order valence-corrected chi connectivity index (χ0v) is 20.4. The monoisotopic (exact) mass is 478 g/mol. The minimum absolute atomic E-state index is 0.215. The van der Waals surface area contributed by atoms with E-state index >= 15 is 0 Å². The van der Waals surface area contributed by atoms with Crippen LogP contribution in [-0.2, 0) is 22.6 Å². The van der Waals surface area contributed by atoms with E-state index in [1.807, 2.05) is 36.4 Å². The fourth-order valence-corrected chi connectivity index (χ4v) is 5.95. The molecule has 2 saturated carbocycles. The first-order valence-electron chi connectivity index (χ1n) is 13.0. The molecule has 0 saturated heterocycles. The summed E-state index contributed by atoms with van der Waals surface area (Å²) in [6.07, 6.45) is 9.86. The lowest BCUT2D eigenvalue weighted by Gasteiger charge is -2.42. The first-order valence-corrected chi connectivity index (χ1v) is 13.0. The van der Waals surface area contributed by atoms with Gasteiger partial charge in [-0.2, -0.15) is 0 Å². The summed E-state index contributed by atoms with van der Waals surface area (Å²) in [7, 11) is 0. The molecule has 188 valence electrons. The Morgan fingerprint density at radius 2 is 1.74 bits per heavy atom. The van der Waals surface area contributed by atoms with Crippen molar-refractivity contribution in [3.05, 3.63) is 59.8 Å². The number of nitrogens with two attached hydrogens (primary N) is 1. The topological polar surface area (TPSA) is 117 Å². The van der Waals surface area contributed by atoms with Crippen LogP contribution in [-0.4, -0.2) is 34.1 Å². The Labute approximate surface area is 207 Å². The second-order valence-corrected chi connectivity index (χ2v) is 10.2. The van der Waals surface area contributed by atoms with E-state index in [9.17, 15) is 14.7 Å². The molecule has 0 spiro atoms. The smallest absolute Gasteiger partial charge is 0.249 e. The van der Waals surface area contributed by atoms with Crippen molar-refractivity contribution in [2.75, 3.05) is 5.73 Å². The van der Waals surface area contributed by atoms with Gasteiger partial charge >= 0.3 is 0 Å². The number of aliphatic hydroxyl groups excluding tert-OH is 1. The average molecular weight is 479 g/mol. The van der Waals surface area contributed by atoms with Gasteiger partial charge in [-0.05, 0) is 47.8 Å². The summed E-state index contributed by atoms with van der Waals surface area (Å²) in [6, 6.07) is 12.3. The van der Waals surface area contributed by atoms with Gasteiger partial charge in [0.25, 0.3) is 0 Å². The Kier molecular flexibility index (Phi) is 8.74. The quantitative estimate of drug-likeness (QED) is 0.441. The maximum absolute atomic E-state index is 13.3. The van der Waals surface area contributed by atoms with E-state index in [4.69, 9.17) is 5.73 Å². The van der Waals surface area contributed by atoms with Crippen LogP contribution in [0.4, 0.5) is 5.82 Å². The molecule has 1 aromatic carbocycles. The third-order valence-corrected chi connectivity index (χ3v) is 7.78. The largest absolute Gasteiger partial charge is 0.384 e. The van der Waals surface area contributed by atoms with Crippen LogP contribution in [0.2, 0.25) is 0 Å². The van der Waals surface area contributed by atoms with Crippen molar-refractivity contribution >= 4 is 17.6 Å². The predicted molar refractivity (Wildman–Crippen MR) is 136 cm³/mol. The number of nitrogens with zero attached hydrogens (tertiary/aromatic N) is 1. The third-order valence-electron chi connectivity index (χ3n) is 7.78. The van der Waals surface area contributed by atoms with Crippen LogP contribution in [0, 0.1) is 17.8 Å². The average Bonchev–Trinajstić information content (AvgIpc) is 2.88. The fraction of sp³-hybridized carbons (Fsp3) is 0.536. The molecule has 0 radical (unpaired) electrons. The molecule has 0 aliphatic heterocycles. The van der Waals surface area contributed by atoms with Crippen molar-refractivity contribution < 1.29 is 14.7 Å². The van der Waals surface area contributed by atoms with Gasteiger partial charge in [0.2, 0.25) is 11.8 Å².